The Morgan fingerprint density at radius 2 is 2.12 bits per heavy atom. The largest absolute Gasteiger partial charge is 0.302 e. The van der Waals surface area contributed by atoms with Gasteiger partial charge in [0, 0.05) is 12.1 Å². The van der Waals surface area contributed by atoms with Gasteiger partial charge in [-0.3, -0.25) is 10.1 Å². The van der Waals surface area contributed by atoms with Crippen LogP contribution in [-0.4, -0.2) is 36.6 Å². The summed E-state index contributed by atoms with van der Waals surface area (Å²) in [5.41, 5.74) is 3.77. The van der Waals surface area contributed by atoms with Crippen molar-refractivity contribution in [1.82, 2.24) is 25.0 Å². The van der Waals surface area contributed by atoms with Crippen LogP contribution in [0.4, 0.5) is 5.13 Å². The molecule has 0 radical (unpaired) electrons. The summed E-state index contributed by atoms with van der Waals surface area (Å²) >= 11 is 2.64. The van der Waals surface area contributed by atoms with E-state index in [0.717, 1.165) is 28.7 Å². The Labute approximate surface area is 147 Å². The van der Waals surface area contributed by atoms with Crippen LogP contribution >= 0.6 is 23.1 Å². The quantitative estimate of drug-likeness (QED) is 0.680. The van der Waals surface area contributed by atoms with Gasteiger partial charge in [-0.2, -0.15) is 0 Å². The third-order valence-corrected chi connectivity index (χ3v) is 4.93. The van der Waals surface area contributed by atoms with Gasteiger partial charge in [0.2, 0.25) is 11.0 Å². The number of nitrogens with one attached hydrogen (secondary N) is 1. The summed E-state index contributed by atoms with van der Waals surface area (Å²) in [7, 11) is 0. The van der Waals surface area contributed by atoms with E-state index in [4.69, 9.17) is 0 Å². The molecule has 7 nitrogen and oxygen atoms in total. The smallest absolute Gasteiger partial charge is 0.236 e. The minimum absolute atomic E-state index is 0.139. The van der Waals surface area contributed by atoms with Crippen LogP contribution in [0.1, 0.15) is 12.5 Å². The number of aromatic nitrogens is 5. The molecule has 1 amide bonds. The van der Waals surface area contributed by atoms with Crippen molar-refractivity contribution < 1.29 is 4.79 Å². The molecule has 3 aromatic rings. The first-order valence-corrected chi connectivity index (χ1v) is 9.23. The Kier molecular flexibility index (Phi) is 5.21. The van der Waals surface area contributed by atoms with E-state index in [0.29, 0.717) is 5.13 Å². The standard InChI is InChI=1S/C15H16N6OS2/c1-3-21-13(11-7-5-4-6-10(11)2)18-20-15(21)23-8-12(22)17-14-19-16-9-24-14/h4-7,9H,3,8H2,1-2H3,(H,17,19,22). The van der Waals surface area contributed by atoms with E-state index in [9.17, 15) is 4.79 Å². The zero-order valence-corrected chi connectivity index (χ0v) is 14.9. The maximum Gasteiger partial charge on any atom is 0.236 e. The van der Waals surface area contributed by atoms with E-state index >= 15 is 0 Å². The second-order valence-corrected chi connectivity index (χ2v) is 6.72. The van der Waals surface area contributed by atoms with Crippen LogP contribution in [-0.2, 0) is 11.3 Å². The number of carbonyl (C=O) groups is 1. The molecule has 0 spiro atoms. The first-order valence-electron chi connectivity index (χ1n) is 7.37. The zero-order valence-electron chi connectivity index (χ0n) is 13.3. The van der Waals surface area contributed by atoms with Crippen molar-refractivity contribution in [3.8, 4) is 11.4 Å². The van der Waals surface area contributed by atoms with Crippen molar-refractivity contribution in [2.24, 2.45) is 0 Å². The zero-order chi connectivity index (χ0) is 16.9. The van der Waals surface area contributed by atoms with Gasteiger partial charge in [-0.05, 0) is 19.4 Å². The number of hydrogen-bond donors (Lipinski definition) is 1. The van der Waals surface area contributed by atoms with Crippen molar-refractivity contribution >= 4 is 34.1 Å². The lowest BCUT2D eigenvalue weighted by atomic mass is 10.1. The summed E-state index contributed by atoms with van der Waals surface area (Å²) in [5, 5.41) is 20.0. The first-order chi connectivity index (χ1) is 11.7. The van der Waals surface area contributed by atoms with Gasteiger partial charge in [0.25, 0.3) is 0 Å². The molecule has 0 fully saturated rings. The topological polar surface area (TPSA) is 85.6 Å². The predicted molar refractivity (Wildman–Crippen MR) is 95.1 cm³/mol. The minimum atomic E-state index is -0.139. The van der Waals surface area contributed by atoms with Crippen LogP contribution in [0.3, 0.4) is 0 Å². The average molecular weight is 360 g/mol. The molecule has 0 aliphatic carbocycles. The number of benzene rings is 1. The second kappa shape index (κ2) is 7.54. The van der Waals surface area contributed by atoms with Crippen LogP contribution < -0.4 is 5.32 Å². The van der Waals surface area contributed by atoms with E-state index in [1.54, 1.807) is 5.51 Å². The Hall–Kier alpha value is -2.26. The van der Waals surface area contributed by atoms with E-state index in [1.165, 1.54) is 23.1 Å². The van der Waals surface area contributed by atoms with E-state index in [-0.39, 0.29) is 11.7 Å². The van der Waals surface area contributed by atoms with E-state index < -0.39 is 0 Å². The fraction of sp³-hybridized carbons (Fsp3) is 0.267. The predicted octanol–water partition coefficient (Wildman–Crippen LogP) is 2.86. The highest BCUT2D eigenvalue weighted by Crippen LogP contribution is 2.26. The highest BCUT2D eigenvalue weighted by molar-refractivity contribution is 7.99. The highest BCUT2D eigenvalue weighted by Gasteiger charge is 2.16. The van der Waals surface area contributed by atoms with Gasteiger partial charge in [0.15, 0.2) is 11.0 Å². The van der Waals surface area contributed by atoms with Crippen molar-refractivity contribution in [1.29, 1.82) is 0 Å². The Morgan fingerprint density at radius 3 is 2.83 bits per heavy atom. The fourth-order valence-corrected chi connectivity index (χ4v) is 3.48. The average Bonchev–Trinajstić information content (AvgIpc) is 3.22. The van der Waals surface area contributed by atoms with Gasteiger partial charge in [-0.1, -0.05) is 47.4 Å². The summed E-state index contributed by atoms with van der Waals surface area (Å²) in [4.78, 5) is 12.0. The normalized spacial score (nSPS) is 10.8. The molecular formula is C15H16N6OS2. The second-order valence-electron chi connectivity index (χ2n) is 4.95. The van der Waals surface area contributed by atoms with Crippen molar-refractivity contribution in [2.45, 2.75) is 25.5 Å². The molecule has 0 aliphatic rings. The number of carbonyl (C=O) groups excluding carboxylic acids is 1. The molecular weight excluding hydrogens is 344 g/mol. The summed E-state index contributed by atoms with van der Waals surface area (Å²) < 4.78 is 2.02. The van der Waals surface area contributed by atoms with Crippen molar-refractivity contribution in [3.63, 3.8) is 0 Å². The minimum Gasteiger partial charge on any atom is -0.302 e. The van der Waals surface area contributed by atoms with Crippen LogP contribution in [0.2, 0.25) is 0 Å². The Bertz CT molecular complexity index is 830. The van der Waals surface area contributed by atoms with Crippen LogP contribution in [0, 0.1) is 6.92 Å². The molecule has 0 saturated heterocycles. The molecule has 3 rings (SSSR count). The molecule has 2 heterocycles. The molecule has 0 unspecified atom stereocenters. The summed E-state index contributed by atoms with van der Waals surface area (Å²) in [5.74, 6) is 0.924. The Balaban J connectivity index is 1.73. The van der Waals surface area contributed by atoms with Crippen LogP contribution in [0.15, 0.2) is 34.9 Å². The lowest BCUT2D eigenvalue weighted by Crippen LogP contribution is -2.14. The maximum absolute atomic E-state index is 12.0. The molecule has 0 saturated carbocycles. The number of anilines is 1. The Morgan fingerprint density at radius 1 is 1.29 bits per heavy atom. The molecule has 1 N–H and O–H groups in total. The summed E-state index contributed by atoms with van der Waals surface area (Å²) in [6.45, 7) is 4.82. The highest BCUT2D eigenvalue weighted by atomic mass is 32.2. The van der Waals surface area contributed by atoms with Crippen molar-refractivity contribution in [2.75, 3.05) is 11.1 Å². The monoisotopic (exact) mass is 360 g/mol. The van der Waals surface area contributed by atoms with Crippen molar-refractivity contribution in [3.05, 3.63) is 35.3 Å². The van der Waals surface area contributed by atoms with Gasteiger partial charge in [-0.15, -0.1) is 20.4 Å². The molecule has 2 aromatic heterocycles. The lowest BCUT2D eigenvalue weighted by Gasteiger charge is -2.09. The number of thioether (sulfide) groups is 1. The molecule has 0 bridgehead atoms. The van der Waals surface area contributed by atoms with Gasteiger partial charge in [0.05, 0.1) is 5.75 Å². The molecule has 0 aliphatic heterocycles. The third kappa shape index (κ3) is 3.62. The third-order valence-electron chi connectivity index (χ3n) is 3.36. The van der Waals surface area contributed by atoms with Gasteiger partial charge in [-0.25, -0.2) is 0 Å². The molecule has 9 heteroatoms. The van der Waals surface area contributed by atoms with Crippen LogP contribution in [0.25, 0.3) is 11.4 Å². The number of nitrogens with zero attached hydrogens (tertiary/aromatic N) is 5. The summed E-state index contributed by atoms with van der Waals surface area (Å²) in [6.07, 6.45) is 0. The van der Waals surface area contributed by atoms with Gasteiger partial charge < -0.3 is 4.57 Å². The molecule has 1 aromatic carbocycles. The molecule has 24 heavy (non-hydrogen) atoms. The SMILES string of the molecule is CCn1c(SCC(=O)Nc2nncs2)nnc1-c1ccccc1C. The maximum atomic E-state index is 12.0. The van der Waals surface area contributed by atoms with E-state index in [2.05, 4.69) is 25.7 Å². The molecule has 124 valence electrons. The molecule has 0 atom stereocenters. The number of aryl methyl sites for hydroxylation is 1. The summed E-state index contributed by atoms with van der Waals surface area (Å²) in [6, 6.07) is 8.06. The van der Waals surface area contributed by atoms with E-state index in [1.807, 2.05) is 42.7 Å². The number of rotatable bonds is 6. The lowest BCUT2D eigenvalue weighted by molar-refractivity contribution is -0.113. The number of amides is 1. The first kappa shape index (κ1) is 16.6. The number of hydrogen-bond acceptors (Lipinski definition) is 7. The van der Waals surface area contributed by atoms with Crippen LogP contribution in [0.5, 0.6) is 0 Å². The van der Waals surface area contributed by atoms with Gasteiger partial charge in [0.1, 0.15) is 5.51 Å². The fourth-order valence-electron chi connectivity index (χ4n) is 2.22. The van der Waals surface area contributed by atoms with Gasteiger partial charge >= 0.3 is 0 Å².